The van der Waals surface area contributed by atoms with E-state index >= 15 is 0 Å². The molecular weight excluding hydrogens is 192 g/mol. The molecule has 1 aliphatic carbocycles. The van der Waals surface area contributed by atoms with Crippen LogP contribution in [0.15, 0.2) is 0 Å². The third kappa shape index (κ3) is 4.18. The number of nitrogens with two attached hydrogens (primary N) is 1. The molecule has 1 amide bonds. The van der Waals surface area contributed by atoms with E-state index < -0.39 is 6.10 Å². The average Bonchev–Trinajstić information content (AvgIpc) is 2.21. The Kier molecular flexibility index (Phi) is 5.05. The minimum Gasteiger partial charge on any atom is -0.384 e. The summed E-state index contributed by atoms with van der Waals surface area (Å²) in [6, 6.07) is 0.251. The maximum Gasteiger partial charge on any atom is 0.248 e. The fourth-order valence-corrected chi connectivity index (χ4v) is 2.15. The molecule has 4 N–H and O–H groups in total. The fourth-order valence-electron chi connectivity index (χ4n) is 2.15. The smallest absolute Gasteiger partial charge is 0.248 e. The molecular formula is C11H22N2O2. The third-order valence-electron chi connectivity index (χ3n) is 3.15. The Labute approximate surface area is 91.2 Å². The number of aliphatic hydroxyl groups is 1. The zero-order valence-corrected chi connectivity index (χ0v) is 9.41. The van der Waals surface area contributed by atoms with Crippen molar-refractivity contribution in [1.82, 2.24) is 5.32 Å². The second-order valence-electron chi connectivity index (χ2n) is 4.48. The molecule has 1 fully saturated rings. The average molecular weight is 214 g/mol. The number of nitrogens with one attached hydrogen (secondary N) is 1. The van der Waals surface area contributed by atoms with Gasteiger partial charge in [0.25, 0.3) is 0 Å². The Morgan fingerprint density at radius 1 is 1.47 bits per heavy atom. The SMILES string of the molecule is C[C@@H](O)C(=O)NC1CCC(CCN)CC1. The number of carbonyl (C=O) groups excluding carboxylic acids is 1. The van der Waals surface area contributed by atoms with Gasteiger partial charge in [-0.25, -0.2) is 0 Å². The van der Waals surface area contributed by atoms with Crippen molar-refractivity contribution in [2.75, 3.05) is 6.54 Å². The first kappa shape index (κ1) is 12.5. The van der Waals surface area contributed by atoms with Crippen LogP contribution >= 0.6 is 0 Å². The van der Waals surface area contributed by atoms with Gasteiger partial charge in [0, 0.05) is 6.04 Å². The molecule has 1 atom stereocenters. The van der Waals surface area contributed by atoms with Crippen LogP contribution < -0.4 is 11.1 Å². The zero-order chi connectivity index (χ0) is 11.3. The van der Waals surface area contributed by atoms with Crippen LogP contribution in [0, 0.1) is 5.92 Å². The van der Waals surface area contributed by atoms with Crippen molar-refractivity contribution in [3.63, 3.8) is 0 Å². The molecule has 88 valence electrons. The lowest BCUT2D eigenvalue weighted by molar-refractivity contribution is -0.129. The van der Waals surface area contributed by atoms with Crippen molar-refractivity contribution < 1.29 is 9.90 Å². The van der Waals surface area contributed by atoms with E-state index in [0.29, 0.717) is 0 Å². The highest BCUT2D eigenvalue weighted by atomic mass is 16.3. The van der Waals surface area contributed by atoms with E-state index in [0.717, 1.165) is 44.6 Å². The van der Waals surface area contributed by atoms with Crippen molar-refractivity contribution in [1.29, 1.82) is 0 Å². The van der Waals surface area contributed by atoms with Gasteiger partial charge in [-0.1, -0.05) is 0 Å². The Morgan fingerprint density at radius 3 is 2.53 bits per heavy atom. The van der Waals surface area contributed by atoms with E-state index in [9.17, 15) is 4.79 Å². The highest BCUT2D eigenvalue weighted by molar-refractivity contribution is 5.80. The second-order valence-corrected chi connectivity index (χ2v) is 4.48. The molecule has 4 nitrogen and oxygen atoms in total. The monoisotopic (exact) mass is 214 g/mol. The van der Waals surface area contributed by atoms with Gasteiger partial charge in [-0.2, -0.15) is 0 Å². The minimum atomic E-state index is -0.897. The molecule has 0 saturated heterocycles. The van der Waals surface area contributed by atoms with E-state index in [1.54, 1.807) is 0 Å². The van der Waals surface area contributed by atoms with Gasteiger partial charge in [0.2, 0.25) is 5.91 Å². The highest BCUT2D eigenvalue weighted by Crippen LogP contribution is 2.26. The third-order valence-corrected chi connectivity index (χ3v) is 3.15. The summed E-state index contributed by atoms with van der Waals surface area (Å²) in [4.78, 5) is 11.2. The molecule has 0 radical (unpaired) electrons. The Balaban J connectivity index is 2.22. The Bertz CT molecular complexity index is 199. The summed E-state index contributed by atoms with van der Waals surface area (Å²) >= 11 is 0. The molecule has 1 aliphatic rings. The molecule has 0 aromatic carbocycles. The first-order valence-electron chi connectivity index (χ1n) is 5.82. The zero-order valence-electron chi connectivity index (χ0n) is 9.41. The van der Waals surface area contributed by atoms with Crippen LogP contribution in [0.25, 0.3) is 0 Å². The summed E-state index contributed by atoms with van der Waals surface area (Å²) in [5.74, 6) is 0.479. The Hall–Kier alpha value is -0.610. The van der Waals surface area contributed by atoms with Crippen LogP contribution in [-0.2, 0) is 4.79 Å². The molecule has 0 aromatic heterocycles. The fraction of sp³-hybridized carbons (Fsp3) is 0.909. The summed E-state index contributed by atoms with van der Waals surface area (Å²) in [6.07, 6.45) is 4.51. The summed E-state index contributed by atoms with van der Waals surface area (Å²) in [6.45, 7) is 2.25. The summed E-state index contributed by atoms with van der Waals surface area (Å²) in [5, 5.41) is 11.9. The van der Waals surface area contributed by atoms with Crippen molar-refractivity contribution in [3.8, 4) is 0 Å². The van der Waals surface area contributed by atoms with E-state index in [1.165, 1.54) is 6.92 Å². The van der Waals surface area contributed by atoms with Crippen molar-refractivity contribution >= 4 is 5.91 Å². The van der Waals surface area contributed by atoms with Gasteiger partial charge in [0.1, 0.15) is 6.10 Å². The van der Waals surface area contributed by atoms with Crippen LogP contribution in [0.3, 0.4) is 0 Å². The van der Waals surface area contributed by atoms with Gasteiger partial charge in [-0.3, -0.25) is 4.79 Å². The normalized spacial score (nSPS) is 28.5. The highest BCUT2D eigenvalue weighted by Gasteiger charge is 2.22. The van der Waals surface area contributed by atoms with Crippen LogP contribution in [0.1, 0.15) is 39.0 Å². The molecule has 0 aliphatic heterocycles. The van der Waals surface area contributed by atoms with Gasteiger partial charge in [-0.15, -0.1) is 0 Å². The van der Waals surface area contributed by atoms with Gasteiger partial charge in [0.15, 0.2) is 0 Å². The lowest BCUT2D eigenvalue weighted by Gasteiger charge is -2.29. The number of hydrogen-bond acceptors (Lipinski definition) is 3. The van der Waals surface area contributed by atoms with E-state index in [-0.39, 0.29) is 11.9 Å². The summed E-state index contributed by atoms with van der Waals surface area (Å²) in [7, 11) is 0. The number of amides is 1. The van der Waals surface area contributed by atoms with Crippen molar-refractivity contribution in [2.24, 2.45) is 11.7 Å². The lowest BCUT2D eigenvalue weighted by Crippen LogP contribution is -2.42. The van der Waals surface area contributed by atoms with E-state index in [1.807, 2.05) is 0 Å². The molecule has 1 saturated carbocycles. The first-order valence-corrected chi connectivity index (χ1v) is 5.82. The minimum absolute atomic E-state index is 0.251. The predicted octanol–water partition coefficient (Wildman–Crippen LogP) is 0.391. The van der Waals surface area contributed by atoms with Crippen molar-refractivity contribution in [2.45, 2.75) is 51.2 Å². The van der Waals surface area contributed by atoms with Crippen LogP contribution in [-0.4, -0.2) is 29.7 Å². The van der Waals surface area contributed by atoms with Gasteiger partial charge >= 0.3 is 0 Å². The first-order chi connectivity index (χ1) is 7.13. The van der Waals surface area contributed by atoms with Gasteiger partial charge < -0.3 is 16.2 Å². The lowest BCUT2D eigenvalue weighted by atomic mass is 9.84. The van der Waals surface area contributed by atoms with Gasteiger partial charge in [0.05, 0.1) is 0 Å². The van der Waals surface area contributed by atoms with Crippen LogP contribution in [0.2, 0.25) is 0 Å². The van der Waals surface area contributed by atoms with Gasteiger partial charge in [-0.05, 0) is 51.5 Å². The second kappa shape index (κ2) is 6.08. The van der Waals surface area contributed by atoms with E-state index in [2.05, 4.69) is 5.32 Å². The summed E-state index contributed by atoms with van der Waals surface area (Å²) < 4.78 is 0. The maximum atomic E-state index is 11.2. The van der Waals surface area contributed by atoms with Crippen LogP contribution in [0.5, 0.6) is 0 Å². The van der Waals surface area contributed by atoms with E-state index in [4.69, 9.17) is 10.8 Å². The molecule has 15 heavy (non-hydrogen) atoms. The number of hydrogen-bond donors (Lipinski definition) is 3. The number of aliphatic hydroxyl groups excluding tert-OH is 1. The Morgan fingerprint density at radius 2 is 2.07 bits per heavy atom. The number of carbonyl (C=O) groups is 1. The molecule has 1 rings (SSSR count). The topological polar surface area (TPSA) is 75.3 Å². The predicted molar refractivity (Wildman–Crippen MR) is 59.2 cm³/mol. The van der Waals surface area contributed by atoms with Crippen molar-refractivity contribution in [3.05, 3.63) is 0 Å². The molecule has 0 aromatic rings. The molecule has 0 bridgehead atoms. The number of rotatable bonds is 4. The molecule has 0 heterocycles. The largest absolute Gasteiger partial charge is 0.384 e. The molecule has 0 spiro atoms. The standard InChI is InChI=1S/C11H22N2O2/c1-8(14)11(15)13-10-4-2-9(3-5-10)6-7-12/h8-10,14H,2-7,12H2,1H3,(H,13,15)/t8-,9?,10?/m1/s1. The summed E-state index contributed by atoms with van der Waals surface area (Å²) in [5.41, 5.74) is 5.51. The van der Waals surface area contributed by atoms with Crippen LogP contribution in [0.4, 0.5) is 0 Å². The molecule has 4 heteroatoms. The maximum absolute atomic E-state index is 11.2. The quantitative estimate of drug-likeness (QED) is 0.633. The molecule has 0 unspecified atom stereocenters.